The van der Waals surface area contributed by atoms with Crippen LogP contribution in [-0.4, -0.2) is 56.6 Å². The third-order valence-electron chi connectivity index (χ3n) is 3.09. The summed E-state index contributed by atoms with van der Waals surface area (Å²) in [7, 11) is 2.19. The van der Waals surface area contributed by atoms with E-state index in [9.17, 15) is 4.79 Å². The number of pyridine rings is 1. The van der Waals surface area contributed by atoms with Crippen molar-refractivity contribution >= 4 is 22.0 Å². The Bertz CT molecular complexity index is 389. The number of carbonyl (C=O) groups is 1. The molecule has 1 fully saturated rings. The quantitative estimate of drug-likeness (QED) is 0.803. The molecule has 0 aliphatic carbocycles. The fraction of sp³-hybridized carbons (Fsp3) is 0.538. The molecule has 105 valence electrons. The summed E-state index contributed by atoms with van der Waals surface area (Å²) in [6, 6.07) is 4.06. The van der Waals surface area contributed by atoms with E-state index in [1.807, 2.05) is 18.5 Å². The number of nitrogens with zero attached hydrogens (tertiary/aromatic N) is 2. The van der Waals surface area contributed by atoms with E-state index >= 15 is 0 Å². The zero-order valence-corrected chi connectivity index (χ0v) is 12.7. The number of aliphatic carboxylic acids is 1. The number of carboxylic acid groups (broad SMARTS) is 1. The Kier molecular flexibility index (Phi) is 7.02. The second kappa shape index (κ2) is 8.27. The Morgan fingerprint density at radius 1 is 1.74 bits per heavy atom. The van der Waals surface area contributed by atoms with E-state index in [-0.39, 0.29) is 0 Å². The van der Waals surface area contributed by atoms with E-state index in [1.54, 1.807) is 0 Å². The van der Waals surface area contributed by atoms with Crippen molar-refractivity contribution in [2.45, 2.75) is 30.2 Å². The molecule has 1 aromatic heterocycles. The summed E-state index contributed by atoms with van der Waals surface area (Å²) in [4.78, 5) is 16.3. The van der Waals surface area contributed by atoms with Crippen LogP contribution in [0, 0.1) is 0 Å². The maximum absolute atomic E-state index is 9.79. The molecule has 0 spiro atoms. The van der Waals surface area contributed by atoms with Gasteiger partial charge in [0.2, 0.25) is 0 Å². The molecule has 5 nitrogen and oxygen atoms in total. The number of likely N-dealkylation sites (tertiary alicyclic amines) is 1. The first-order chi connectivity index (χ1) is 9.06. The first-order valence-electron chi connectivity index (χ1n) is 6.23. The predicted octanol–water partition coefficient (Wildman–Crippen LogP) is 0.833. The third kappa shape index (κ3) is 5.28. The van der Waals surface area contributed by atoms with E-state index in [0.29, 0.717) is 11.4 Å². The average molecular weight is 329 g/mol. The van der Waals surface area contributed by atoms with E-state index < -0.39 is 12.0 Å². The Morgan fingerprint density at radius 3 is 2.84 bits per heavy atom. The van der Waals surface area contributed by atoms with Gasteiger partial charge in [-0.2, -0.15) is 0 Å². The standard InChI is InChI=1S/C10H14N2.C3H6NO2Se/c1-12-7-3-5-10(12)9-4-2-6-11-8-9;4-2(1-7)3(5)6/h2,4,6,8,10H,3,5,7H2,1H3;2H,1,4H2,(H,5,6)/t;2-/m.0/s1. The molecule has 0 aromatic carbocycles. The Labute approximate surface area is 122 Å². The number of hydrogen-bond acceptors (Lipinski definition) is 4. The van der Waals surface area contributed by atoms with Crippen molar-refractivity contribution in [3.8, 4) is 0 Å². The minimum absolute atomic E-state index is 0.370. The van der Waals surface area contributed by atoms with Gasteiger partial charge in [-0.05, 0) is 38.1 Å². The second-order valence-corrected chi connectivity index (χ2v) is 5.24. The predicted molar refractivity (Wildman–Crippen MR) is 75.0 cm³/mol. The van der Waals surface area contributed by atoms with Gasteiger partial charge in [0.15, 0.2) is 0 Å². The van der Waals surface area contributed by atoms with Crippen molar-refractivity contribution in [3.05, 3.63) is 30.1 Å². The topological polar surface area (TPSA) is 79.5 Å². The molecule has 0 bridgehead atoms. The van der Waals surface area contributed by atoms with Crippen LogP contribution in [0.2, 0.25) is 5.32 Å². The molecule has 0 saturated carbocycles. The van der Waals surface area contributed by atoms with Crippen molar-refractivity contribution in [2.75, 3.05) is 13.6 Å². The van der Waals surface area contributed by atoms with Gasteiger partial charge in [0.05, 0.1) is 0 Å². The fourth-order valence-corrected chi connectivity index (χ4v) is 2.27. The van der Waals surface area contributed by atoms with Gasteiger partial charge >= 0.3 is 49.0 Å². The van der Waals surface area contributed by atoms with Crippen LogP contribution in [0.1, 0.15) is 24.4 Å². The summed E-state index contributed by atoms with van der Waals surface area (Å²) < 4.78 is 0. The van der Waals surface area contributed by atoms with Crippen molar-refractivity contribution in [1.29, 1.82) is 0 Å². The summed E-state index contributed by atoms with van der Waals surface area (Å²) >= 11 is 2.52. The summed E-state index contributed by atoms with van der Waals surface area (Å²) in [5.41, 5.74) is 6.34. The normalized spacial score (nSPS) is 20.5. The van der Waals surface area contributed by atoms with E-state index in [4.69, 9.17) is 10.8 Å². The molecule has 1 unspecified atom stereocenters. The average Bonchev–Trinajstić information content (AvgIpc) is 2.85. The molecular weight excluding hydrogens is 309 g/mol. The van der Waals surface area contributed by atoms with E-state index in [2.05, 4.69) is 39.0 Å². The Morgan fingerprint density at radius 2 is 2.47 bits per heavy atom. The summed E-state index contributed by atoms with van der Waals surface area (Å²) in [5.74, 6) is -0.959. The molecule has 3 N–H and O–H groups in total. The van der Waals surface area contributed by atoms with Crippen LogP contribution in [-0.2, 0) is 4.79 Å². The van der Waals surface area contributed by atoms with E-state index in [1.165, 1.54) is 24.9 Å². The van der Waals surface area contributed by atoms with Gasteiger partial charge < -0.3 is 0 Å². The van der Waals surface area contributed by atoms with Gasteiger partial charge in [0, 0.05) is 18.4 Å². The van der Waals surface area contributed by atoms with Crippen molar-refractivity contribution in [3.63, 3.8) is 0 Å². The Hall–Kier alpha value is -0.941. The monoisotopic (exact) mass is 330 g/mol. The molecule has 19 heavy (non-hydrogen) atoms. The van der Waals surface area contributed by atoms with Crippen LogP contribution in [0.25, 0.3) is 0 Å². The van der Waals surface area contributed by atoms with Gasteiger partial charge in [-0.15, -0.1) is 0 Å². The number of nitrogens with two attached hydrogens (primary N) is 1. The maximum atomic E-state index is 9.79. The number of hydrogen-bond donors (Lipinski definition) is 2. The molecule has 2 heterocycles. The molecule has 1 aliphatic heterocycles. The van der Waals surface area contributed by atoms with Crippen molar-refractivity contribution in [1.82, 2.24) is 9.88 Å². The molecule has 6 heteroatoms. The summed E-state index contributed by atoms with van der Waals surface area (Å²) in [6.07, 6.45) is 6.41. The zero-order chi connectivity index (χ0) is 14.3. The Balaban J connectivity index is 0.000000224. The fourth-order valence-electron chi connectivity index (χ4n) is 1.98. The van der Waals surface area contributed by atoms with E-state index in [0.717, 1.165) is 0 Å². The second-order valence-electron chi connectivity index (χ2n) is 4.54. The van der Waals surface area contributed by atoms with Crippen molar-refractivity contribution in [2.24, 2.45) is 5.73 Å². The number of rotatable bonds is 3. The molecule has 2 rings (SSSR count). The van der Waals surface area contributed by atoms with Gasteiger partial charge in [0.1, 0.15) is 0 Å². The van der Waals surface area contributed by atoms with Gasteiger partial charge in [-0.3, -0.25) is 9.88 Å². The van der Waals surface area contributed by atoms with Crippen molar-refractivity contribution < 1.29 is 9.90 Å². The third-order valence-corrected chi connectivity index (χ3v) is 3.84. The molecule has 2 atom stereocenters. The van der Waals surface area contributed by atoms with Gasteiger partial charge in [0.25, 0.3) is 0 Å². The first-order valence-corrected chi connectivity index (χ1v) is 7.44. The first kappa shape index (κ1) is 16.1. The van der Waals surface area contributed by atoms with Crippen LogP contribution in [0.4, 0.5) is 0 Å². The van der Waals surface area contributed by atoms with Gasteiger partial charge in [-0.1, -0.05) is 6.07 Å². The van der Waals surface area contributed by atoms with Crippen LogP contribution in [0.5, 0.6) is 0 Å². The van der Waals surface area contributed by atoms with Crippen LogP contribution in [0.15, 0.2) is 24.5 Å². The minimum atomic E-state index is -0.959. The number of carboxylic acids is 1. The molecule has 1 radical (unpaired) electrons. The van der Waals surface area contributed by atoms with Gasteiger partial charge in [-0.25, -0.2) is 0 Å². The molecule has 0 amide bonds. The molecule has 1 aliphatic rings. The molecular formula is C13H20N3O2Se. The summed E-state index contributed by atoms with van der Waals surface area (Å²) in [6.45, 7) is 1.22. The van der Waals surface area contributed by atoms with Crippen LogP contribution >= 0.6 is 0 Å². The summed E-state index contributed by atoms with van der Waals surface area (Å²) in [5, 5.41) is 8.41. The van der Waals surface area contributed by atoms with Crippen LogP contribution in [0.3, 0.4) is 0 Å². The molecule has 1 saturated heterocycles. The molecule has 1 aromatic rings. The van der Waals surface area contributed by atoms with Crippen LogP contribution < -0.4 is 5.73 Å². The zero-order valence-electron chi connectivity index (χ0n) is 11.0. The SMILES string of the molecule is CN1CCCC1c1cccnc1.N[C@@H](C[Se])C(=O)O. The number of aromatic nitrogens is 1.